The molecular weight excluding hydrogens is 321 g/mol. The Kier molecular flexibility index (Phi) is 3.75. The molecule has 1 aromatic carbocycles. The van der Waals surface area contributed by atoms with Crippen LogP contribution in [-0.4, -0.2) is 16.0 Å². The number of aromatic nitrogens is 2. The monoisotopic (exact) mass is 339 g/mol. The zero-order valence-corrected chi connectivity index (χ0v) is 14.0. The van der Waals surface area contributed by atoms with Gasteiger partial charge in [0.1, 0.15) is 5.82 Å². The van der Waals surface area contributed by atoms with E-state index in [1.807, 2.05) is 13.0 Å². The van der Waals surface area contributed by atoms with Gasteiger partial charge in [0.25, 0.3) is 11.6 Å². The van der Waals surface area contributed by atoms with Gasteiger partial charge in [-0.1, -0.05) is 17.3 Å². The normalized spacial score (nSPS) is 15.3. The first kappa shape index (κ1) is 15.7. The molecule has 5 nitrogen and oxygen atoms in total. The number of amides is 1. The Hall–Kier alpha value is -2.76. The molecule has 1 N–H and O–H groups in total. The summed E-state index contributed by atoms with van der Waals surface area (Å²) in [5.41, 5.74) is 3.29. The number of aryl methyl sites for hydroxylation is 1. The highest BCUT2D eigenvalue weighted by molar-refractivity contribution is 6.06. The zero-order chi connectivity index (χ0) is 17.6. The third kappa shape index (κ3) is 2.99. The van der Waals surface area contributed by atoms with Crippen molar-refractivity contribution in [1.82, 2.24) is 15.5 Å². The number of nitrogens with one attached hydrogen (secondary N) is 1. The minimum absolute atomic E-state index is 0.211. The first-order valence-corrected chi connectivity index (χ1v) is 8.36. The van der Waals surface area contributed by atoms with E-state index < -0.39 is 0 Å². The number of carbonyl (C=O) groups is 1. The van der Waals surface area contributed by atoms with Crippen molar-refractivity contribution in [3.05, 3.63) is 58.7 Å². The molecule has 1 aliphatic carbocycles. The predicted molar refractivity (Wildman–Crippen MR) is 90.8 cm³/mol. The molecule has 3 aromatic rings. The van der Waals surface area contributed by atoms with E-state index in [2.05, 4.69) is 15.5 Å². The number of benzene rings is 1. The molecule has 25 heavy (non-hydrogen) atoms. The summed E-state index contributed by atoms with van der Waals surface area (Å²) >= 11 is 0. The minimum atomic E-state index is -0.299. The third-order valence-corrected chi connectivity index (χ3v) is 4.59. The van der Waals surface area contributed by atoms with Crippen molar-refractivity contribution in [2.45, 2.75) is 38.6 Å². The number of nitrogens with zero attached hydrogens (tertiary/aromatic N) is 2. The maximum atomic E-state index is 13.1. The van der Waals surface area contributed by atoms with Crippen LogP contribution in [0.5, 0.6) is 0 Å². The van der Waals surface area contributed by atoms with Crippen molar-refractivity contribution in [3.63, 3.8) is 0 Å². The zero-order valence-electron chi connectivity index (χ0n) is 14.0. The molecule has 4 rings (SSSR count). The molecule has 0 saturated heterocycles. The molecule has 0 unspecified atom stereocenters. The molecule has 1 amide bonds. The van der Waals surface area contributed by atoms with E-state index in [0.29, 0.717) is 28.3 Å². The summed E-state index contributed by atoms with van der Waals surface area (Å²) in [6, 6.07) is 7.71. The minimum Gasteiger partial charge on any atom is -0.345 e. The summed E-state index contributed by atoms with van der Waals surface area (Å²) in [6.07, 6.45) is 2.16. The van der Waals surface area contributed by atoms with Crippen LogP contribution in [0.15, 0.2) is 34.9 Å². The molecule has 128 valence electrons. The first-order chi connectivity index (χ1) is 12.0. The van der Waals surface area contributed by atoms with E-state index >= 15 is 0 Å². The Morgan fingerprint density at radius 2 is 2.04 bits per heavy atom. The summed E-state index contributed by atoms with van der Waals surface area (Å²) in [7, 11) is 0. The molecule has 2 aromatic heterocycles. The maximum absolute atomic E-state index is 13.1. The number of fused-ring (bicyclic) bond motifs is 1. The molecule has 0 aliphatic heterocycles. The van der Waals surface area contributed by atoms with Gasteiger partial charge in [-0.25, -0.2) is 9.37 Å². The van der Waals surface area contributed by atoms with Crippen molar-refractivity contribution in [3.8, 4) is 0 Å². The van der Waals surface area contributed by atoms with Gasteiger partial charge in [-0.15, -0.1) is 0 Å². The van der Waals surface area contributed by atoms with Gasteiger partial charge in [0.2, 0.25) is 0 Å². The van der Waals surface area contributed by atoms with E-state index in [4.69, 9.17) is 4.52 Å². The molecule has 1 saturated carbocycles. The highest BCUT2D eigenvalue weighted by atomic mass is 19.1. The van der Waals surface area contributed by atoms with Crippen LogP contribution in [-0.2, 0) is 0 Å². The summed E-state index contributed by atoms with van der Waals surface area (Å²) < 4.78 is 18.4. The molecule has 1 fully saturated rings. The average molecular weight is 339 g/mol. The standard InChI is InChI=1S/C19H18FN3O2/c1-10(12-5-7-14(20)8-6-12)21-18(24)15-9-16(13-3-4-13)22-19-17(15)11(2)23-25-19/h5-10,13H,3-4H2,1-2H3,(H,21,24)/t10-/m1/s1. The molecule has 1 atom stereocenters. The lowest BCUT2D eigenvalue weighted by Crippen LogP contribution is -2.27. The number of halogens is 1. The number of pyridine rings is 1. The maximum Gasteiger partial charge on any atom is 0.259 e. The smallest absolute Gasteiger partial charge is 0.259 e. The number of hydrogen-bond donors (Lipinski definition) is 1. The summed E-state index contributed by atoms with van der Waals surface area (Å²) in [6.45, 7) is 3.66. The molecule has 0 spiro atoms. The molecule has 0 radical (unpaired) electrons. The summed E-state index contributed by atoms with van der Waals surface area (Å²) in [5.74, 6) is -0.111. The van der Waals surface area contributed by atoms with Gasteiger partial charge >= 0.3 is 0 Å². The lowest BCUT2D eigenvalue weighted by atomic mass is 10.1. The van der Waals surface area contributed by atoms with Crippen LogP contribution in [0.1, 0.15) is 59.0 Å². The second kappa shape index (κ2) is 5.95. The van der Waals surface area contributed by atoms with E-state index in [1.165, 1.54) is 12.1 Å². The highest BCUT2D eigenvalue weighted by Crippen LogP contribution is 2.40. The van der Waals surface area contributed by atoms with Crippen LogP contribution in [0.3, 0.4) is 0 Å². The molecule has 1 aliphatic rings. The van der Waals surface area contributed by atoms with Crippen LogP contribution in [0, 0.1) is 12.7 Å². The molecule has 6 heteroatoms. The fourth-order valence-corrected chi connectivity index (χ4v) is 2.99. The summed E-state index contributed by atoms with van der Waals surface area (Å²) in [4.78, 5) is 17.4. The van der Waals surface area contributed by atoms with Gasteiger partial charge in [-0.3, -0.25) is 4.79 Å². The van der Waals surface area contributed by atoms with Crippen molar-refractivity contribution in [1.29, 1.82) is 0 Å². The summed E-state index contributed by atoms with van der Waals surface area (Å²) in [5, 5.41) is 7.56. The Balaban J connectivity index is 1.67. The van der Waals surface area contributed by atoms with Gasteiger partial charge < -0.3 is 9.84 Å². The molecule has 0 bridgehead atoms. The van der Waals surface area contributed by atoms with Crippen LogP contribution in [0.25, 0.3) is 11.1 Å². The lowest BCUT2D eigenvalue weighted by Gasteiger charge is -2.15. The second-order valence-corrected chi connectivity index (χ2v) is 6.56. The van der Waals surface area contributed by atoms with Crippen LogP contribution in [0.4, 0.5) is 4.39 Å². The van der Waals surface area contributed by atoms with Crippen LogP contribution in [0.2, 0.25) is 0 Å². The third-order valence-electron chi connectivity index (χ3n) is 4.59. The van der Waals surface area contributed by atoms with E-state index in [-0.39, 0.29) is 17.8 Å². The Bertz CT molecular complexity index is 945. The van der Waals surface area contributed by atoms with E-state index in [0.717, 1.165) is 24.1 Å². The number of hydrogen-bond acceptors (Lipinski definition) is 4. The fourth-order valence-electron chi connectivity index (χ4n) is 2.99. The van der Waals surface area contributed by atoms with Crippen molar-refractivity contribution in [2.24, 2.45) is 0 Å². The fraction of sp³-hybridized carbons (Fsp3) is 0.316. The topological polar surface area (TPSA) is 68.0 Å². The largest absolute Gasteiger partial charge is 0.345 e. The van der Waals surface area contributed by atoms with Gasteiger partial charge in [0, 0.05) is 11.6 Å². The van der Waals surface area contributed by atoms with Crippen molar-refractivity contribution in [2.75, 3.05) is 0 Å². The van der Waals surface area contributed by atoms with Gasteiger partial charge in [-0.05, 0) is 50.5 Å². The van der Waals surface area contributed by atoms with Crippen molar-refractivity contribution >= 4 is 17.0 Å². The average Bonchev–Trinajstić information content (AvgIpc) is 3.38. The molecule has 2 heterocycles. The second-order valence-electron chi connectivity index (χ2n) is 6.56. The van der Waals surface area contributed by atoms with Crippen LogP contribution < -0.4 is 5.32 Å². The predicted octanol–water partition coefficient (Wildman–Crippen LogP) is 4.04. The van der Waals surface area contributed by atoms with Crippen molar-refractivity contribution < 1.29 is 13.7 Å². The van der Waals surface area contributed by atoms with Gasteiger partial charge in [-0.2, -0.15) is 0 Å². The van der Waals surface area contributed by atoms with Gasteiger partial charge in [0.15, 0.2) is 0 Å². The Morgan fingerprint density at radius 3 is 2.72 bits per heavy atom. The quantitative estimate of drug-likeness (QED) is 0.779. The number of carbonyl (C=O) groups excluding carboxylic acids is 1. The lowest BCUT2D eigenvalue weighted by molar-refractivity contribution is 0.0941. The van der Waals surface area contributed by atoms with Gasteiger partial charge in [0.05, 0.1) is 22.7 Å². The SMILES string of the molecule is Cc1noc2nc(C3CC3)cc(C(=O)N[C@H](C)c3ccc(F)cc3)c12. The first-order valence-electron chi connectivity index (χ1n) is 8.36. The van der Waals surface area contributed by atoms with E-state index in [1.54, 1.807) is 19.1 Å². The Morgan fingerprint density at radius 1 is 1.32 bits per heavy atom. The number of rotatable bonds is 4. The Labute approximate surface area is 144 Å². The van der Waals surface area contributed by atoms with E-state index in [9.17, 15) is 9.18 Å². The molecular formula is C19H18FN3O2. The highest BCUT2D eigenvalue weighted by Gasteiger charge is 2.29. The van der Waals surface area contributed by atoms with Crippen LogP contribution >= 0.6 is 0 Å².